The fourth-order valence-corrected chi connectivity index (χ4v) is 4.11. The fourth-order valence-electron chi connectivity index (χ4n) is 4.11. The molecule has 116 valence electrons. The van der Waals surface area contributed by atoms with E-state index in [0.29, 0.717) is 11.8 Å². The van der Waals surface area contributed by atoms with E-state index in [1.165, 1.54) is 32.1 Å². The lowest BCUT2D eigenvalue weighted by Crippen LogP contribution is -2.45. The quantitative estimate of drug-likeness (QED) is 0.813. The zero-order valence-electron chi connectivity index (χ0n) is 13.0. The highest BCUT2D eigenvalue weighted by Crippen LogP contribution is 2.31. The van der Waals surface area contributed by atoms with Gasteiger partial charge in [0, 0.05) is 31.5 Å². The molecule has 3 nitrogen and oxygen atoms in total. The molecule has 2 rings (SSSR count). The van der Waals surface area contributed by atoms with Crippen LogP contribution in [-0.4, -0.2) is 41.5 Å². The molecule has 1 aliphatic heterocycles. The Balaban J connectivity index is 1.90. The number of aliphatic hydroxyl groups excluding tert-OH is 1. The zero-order chi connectivity index (χ0) is 14.4. The largest absolute Gasteiger partial charge is 0.396 e. The van der Waals surface area contributed by atoms with E-state index in [0.717, 1.165) is 44.7 Å². The van der Waals surface area contributed by atoms with E-state index in [4.69, 9.17) is 0 Å². The van der Waals surface area contributed by atoms with Gasteiger partial charge >= 0.3 is 0 Å². The molecule has 0 aromatic rings. The molecule has 2 fully saturated rings. The lowest BCUT2D eigenvalue weighted by molar-refractivity contribution is -0.126. The molecule has 20 heavy (non-hydrogen) atoms. The van der Waals surface area contributed by atoms with Gasteiger partial charge in [0.2, 0.25) is 0 Å². The summed E-state index contributed by atoms with van der Waals surface area (Å²) < 4.78 is 0. The van der Waals surface area contributed by atoms with Crippen molar-refractivity contribution in [1.82, 2.24) is 4.90 Å². The Bertz CT molecular complexity index is 303. The van der Waals surface area contributed by atoms with Crippen LogP contribution in [0.2, 0.25) is 0 Å². The molecule has 0 radical (unpaired) electrons. The van der Waals surface area contributed by atoms with Gasteiger partial charge in [-0.3, -0.25) is 9.69 Å². The summed E-state index contributed by atoms with van der Waals surface area (Å²) in [4.78, 5) is 14.7. The number of aliphatic hydroxyl groups is 1. The smallest absolute Gasteiger partial charge is 0.137 e. The van der Waals surface area contributed by atoms with E-state index in [1.807, 2.05) is 0 Å². The summed E-state index contributed by atoms with van der Waals surface area (Å²) in [6.45, 7) is 4.59. The lowest BCUT2D eigenvalue weighted by atomic mass is 9.78. The Hall–Kier alpha value is -0.410. The second-order valence-electron chi connectivity index (χ2n) is 6.75. The van der Waals surface area contributed by atoms with Crippen LogP contribution < -0.4 is 0 Å². The summed E-state index contributed by atoms with van der Waals surface area (Å²) in [5, 5.41) is 9.21. The van der Waals surface area contributed by atoms with Crippen LogP contribution in [0.25, 0.3) is 0 Å². The summed E-state index contributed by atoms with van der Waals surface area (Å²) in [5.74, 6) is 1.52. The Morgan fingerprint density at radius 1 is 1.25 bits per heavy atom. The maximum absolute atomic E-state index is 12.2. The molecule has 1 saturated heterocycles. The minimum absolute atomic E-state index is 0.264. The van der Waals surface area contributed by atoms with Crippen molar-refractivity contribution < 1.29 is 9.90 Å². The van der Waals surface area contributed by atoms with Crippen LogP contribution in [0.4, 0.5) is 0 Å². The highest BCUT2D eigenvalue weighted by atomic mass is 16.3. The summed E-state index contributed by atoms with van der Waals surface area (Å²) >= 11 is 0. The second kappa shape index (κ2) is 8.14. The van der Waals surface area contributed by atoms with Gasteiger partial charge in [-0.15, -0.1) is 0 Å². The molecular formula is C17H31NO2. The predicted octanol–water partition coefficient (Wildman–Crippen LogP) is 3.01. The van der Waals surface area contributed by atoms with Crippen molar-refractivity contribution in [1.29, 1.82) is 0 Å². The van der Waals surface area contributed by atoms with Gasteiger partial charge in [0.1, 0.15) is 5.78 Å². The normalized spacial score (nSPS) is 32.5. The average molecular weight is 281 g/mol. The Kier molecular flexibility index (Phi) is 6.50. The van der Waals surface area contributed by atoms with Crippen LogP contribution in [0.15, 0.2) is 0 Å². The maximum atomic E-state index is 12.2. The Morgan fingerprint density at radius 2 is 2.10 bits per heavy atom. The van der Waals surface area contributed by atoms with Crippen LogP contribution >= 0.6 is 0 Å². The Morgan fingerprint density at radius 3 is 2.85 bits per heavy atom. The molecule has 2 aliphatic rings. The third-order valence-electron chi connectivity index (χ3n) is 5.24. The van der Waals surface area contributed by atoms with Crippen molar-refractivity contribution in [2.24, 2.45) is 11.8 Å². The number of carbonyl (C=O) groups excluding carboxylic acids is 1. The molecule has 0 bridgehead atoms. The molecule has 1 saturated carbocycles. The molecular weight excluding hydrogens is 250 g/mol. The van der Waals surface area contributed by atoms with Gasteiger partial charge in [0.15, 0.2) is 0 Å². The van der Waals surface area contributed by atoms with Gasteiger partial charge in [-0.1, -0.05) is 26.2 Å². The van der Waals surface area contributed by atoms with Gasteiger partial charge in [-0.05, 0) is 44.6 Å². The van der Waals surface area contributed by atoms with E-state index < -0.39 is 0 Å². The summed E-state index contributed by atoms with van der Waals surface area (Å²) in [6, 6.07) is 0.508. The molecule has 1 heterocycles. The third kappa shape index (κ3) is 4.29. The van der Waals surface area contributed by atoms with Crippen LogP contribution in [0.3, 0.4) is 0 Å². The number of carbonyl (C=O) groups is 1. The fraction of sp³-hybridized carbons (Fsp3) is 0.941. The molecule has 0 aromatic carbocycles. The molecule has 1 aliphatic carbocycles. The van der Waals surface area contributed by atoms with Gasteiger partial charge in [0.25, 0.3) is 0 Å². The lowest BCUT2D eigenvalue weighted by Gasteiger charge is -2.39. The number of nitrogens with zero attached hydrogens (tertiary/aromatic N) is 1. The first-order chi connectivity index (χ1) is 9.74. The number of likely N-dealkylation sites (tertiary alicyclic amines) is 1. The summed E-state index contributed by atoms with van der Waals surface area (Å²) in [7, 11) is 0. The molecule has 3 heteroatoms. The number of ketones is 1. The van der Waals surface area contributed by atoms with Crippen LogP contribution in [0.1, 0.15) is 64.7 Å². The van der Waals surface area contributed by atoms with Gasteiger partial charge in [-0.25, -0.2) is 0 Å². The highest BCUT2D eigenvalue weighted by molar-refractivity contribution is 5.82. The van der Waals surface area contributed by atoms with E-state index in [-0.39, 0.29) is 12.5 Å². The van der Waals surface area contributed by atoms with Crippen molar-refractivity contribution in [3.63, 3.8) is 0 Å². The highest BCUT2D eigenvalue weighted by Gasteiger charge is 2.32. The van der Waals surface area contributed by atoms with Crippen molar-refractivity contribution in [2.45, 2.75) is 70.8 Å². The van der Waals surface area contributed by atoms with E-state index in [9.17, 15) is 9.90 Å². The molecule has 0 aromatic heterocycles. The Labute approximate surface area is 123 Å². The zero-order valence-corrected chi connectivity index (χ0v) is 13.0. The number of hydrogen-bond acceptors (Lipinski definition) is 3. The summed E-state index contributed by atoms with van der Waals surface area (Å²) in [6.07, 6.45) is 10.1. The molecule has 3 atom stereocenters. The number of piperidine rings is 1. The standard InChI is InChI=1S/C17H31NO2/c1-2-5-14-7-8-17(20)15(12-14)13-18-10-4-3-6-16(18)9-11-19/h14-16,19H,2-13H2,1H3. The first kappa shape index (κ1) is 16.0. The maximum Gasteiger partial charge on any atom is 0.137 e. The first-order valence-electron chi connectivity index (χ1n) is 8.62. The average Bonchev–Trinajstić information content (AvgIpc) is 2.45. The van der Waals surface area contributed by atoms with Crippen molar-refractivity contribution in [2.75, 3.05) is 19.7 Å². The van der Waals surface area contributed by atoms with Crippen molar-refractivity contribution in [3.05, 3.63) is 0 Å². The summed E-state index contributed by atoms with van der Waals surface area (Å²) in [5.41, 5.74) is 0. The molecule has 0 amide bonds. The number of Topliss-reactive ketones (excluding diaryl/α,β-unsaturated/α-hetero) is 1. The first-order valence-corrected chi connectivity index (χ1v) is 8.62. The number of hydrogen-bond donors (Lipinski definition) is 1. The van der Waals surface area contributed by atoms with Crippen LogP contribution in [0, 0.1) is 11.8 Å². The van der Waals surface area contributed by atoms with Gasteiger partial charge < -0.3 is 5.11 Å². The van der Waals surface area contributed by atoms with Gasteiger partial charge in [0.05, 0.1) is 0 Å². The number of rotatable bonds is 6. The molecule has 0 spiro atoms. The van der Waals surface area contributed by atoms with E-state index in [1.54, 1.807) is 0 Å². The molecule has 3 unspecified atom stereocenters. The minimum atomic E-state index is 0.264. The van der Waals surface area contributed by atoms with E-state index >= 15 is 0 Å². The second-order valence-corrected chi connectivity index (χ2v) is 6.75. The monoisotopic (exact) mass is 281 g/mol. The van der Waals surface area contributed by atoms with Crippen LogP contribution in [-0.2, 0) is 4.79 Å². The molecule has 1 N–H and O–H groups in total. The SMILES string of the molecule is CCCC1CCC(=O)C(CN2CCCCC2CCO)C1. The minimum Gasteiger partial charge on any atom is -0.396 e. The van der Waals surface area contributed by atoms with Crippen molar-refractivity contribution >= 4 is 5.78 Å². The third-order valence-corrected chi connectivity index (χ3v) is 5.24. The van der Waals surface area contributed by atoms with Crippen LogP contribution in [0.5, 0.6) is 0 Å². The van der Waals surface area contributed by atoms with Crippen molar-refractivity contribution in [3.8, 4) is 0 Å². The van der Waals surface area contributed by atoms with Gasteiger partial charge in [-0.2, -0.15) is 0 Å². The predicted molar refractivity (Wildman–Crippen MR) is 81.7 cm³/mol. The topological polar surface area (TPSA) is 40.5 Å². The van der Waals surface area contributed by atoms with E-state index in [2.05, 4.69) is 11.8 Å².